The molecule has 5 heteroatoms. The van der Waals surface area contributed by atoms with E-state index in [-0.39, 0.29) is 0 Å². The summed E-state index contributed by atoms with van der Waals surface area (Å²) in [5.74, 6) is 0.706. The molecule has 4 rings (SSSR count). The van der Waals surface area contributed by atoms with Crippen molar-refractivity contribution in [3.8, 4) is 11.1 Å². The van der Waals surface area contributed by atoms with Crippen molar-refractivity contribution in [3.05, 3.63) is 48.8 Å². The van der Waals surface area contributed by atoms with E-state index >= 15 is 0 Å². The van der Waals surface area contributed by atoms with E-state index in [1.54, 1.807) is 6.20 Å². The normalized spacial score (nSPS) is 11.4. The lowest BCUT2D eigenvalue weighted by molar-refractivity contribution is 1.11. The highest BCUT2D eigenvalue weighted by atomic mass is 15.1. The number of aromatic amines is 1. The number of nitrogens with one attached hydrogen (secondary N) is 1. The molecule has 0 aromatic carbocycles. The van der Waals surface area contributed by atoms with Gasteiger partial charge in [0.2, 0.25) is 5.78 Å². The van der Waals surface area contributed by atoms with Gasteiger partial charge in [-0.2, -0.15) is 0 Å². The van der Waals surface area contributed by atoms with Crippen molar-refractivity contribution in [1.29, 1.82) is 0 Å². The largest absolute Gasteiger partial charge is 0.346 e. The number of hydrogen-bond donors (Lipinski definition) is 1. The molecule has 0 aliphatic carbocycles. The van der Waals surface area contributed by atoms with Gasteiger partial charge in [0, 0.05) is 53.2 Å². The zero-order chi connectivity index (χ0) is 12.8. The average molecular weight is 249 g/mol. The summed E-state index contributed by atoms with van der Waals surface area (Å²) in [6.07, 6.45) is 9.47. The van der Waals surface area contributed by atoms with E-state index in [1.165, 1.54) is 0 Å². The molecule has 19 heavy (non-hydrogen) atoms. The van der Waals surface area contributed by atoms with Crippen LogP contribution in [0.3, 0.4) is 0 Å². The van der Waals surface area contributed by atoms with Gasteiger partial charge in [0.1, 0.15) is 5.65 Å². The Bertz CT molecular complexity index is 887. The molecular weight excluding hydrogens is 238 g/mol. The number of rotatable bonds is 1. The van der Waals surface area contributed by atoms with Crippen LogP contribution in [0.4, 0.5) is 0 Å². The molecule has 0 unspecified atom stereocenters. The number of pyridine rings is 1. The maximum absolute atomic E-state index is 4.48. The Morgan fingerprint density at radius 3 is 3.11 bits per heavy atom. The highest BCUT2D eigenvalue weighted by Crippen LogP contribution is 2.27. The second-order valence-corrected chi connectivity index (χ2v) is 4.53. The monoisotopic (exact) mass is 249 g/mol. The molecule has 92 valence electrons. The van der Waals surface area contributed by atoms with E-state index in [1.807, 2.05) is 42.2 Å². The van der Waals surface area contributed by atoms with E-state index in [9.17, 15) is 0 Å². The van der Waals surface area contributed by atoms with E-state index in [4.69, 9.17) is 0 Å². The Labute approximate surface area is 109 Å². The second-order valence-electron chi connectivity index (χ2n) is 4.53. The van der Waals surface area contributed by atoms with Gasteiger partial charge in [-0.15, -0.1) is 0 Å². The summed E-state index contributed by atoms with van der Waals surface area (Å²) in [7, 11) is 0. The Kier molecular flexibility index (Phi) is 1.97. The van der Waals surface area contributed by atoms with Gasteiger partial charge in [-0.05, 0) is 19.1 Å². The third kappa shape index (κ3) is 1.52. The predicted molar refractivity (Wildman–Crippen MR) is 72.8 cm³/mol. The summed E-state index contributed by atoms with van der Waals surface area (Å²) in [5, 5.41) is 1.10. The van der Waals surface area contributed by atoms with Crippen LogP contribution in [0.25, 0.3) is 27.9 Å². The van der Waals surface area contributed by atoms with Crippen molar-refractivity contribution < 1.29 is 0 Å². The van der Waals surface area contributed by atoms with E-state index in [0.717, 1.165) is 27.9 Å². The van der Waals surface area contributed by atoms with Gasteiger partial charge >= 0.3 is 0 Å². The summed E-state index contributed by atoms with van der Waals surface area (Å²) in [5.41, 5.74) is 4.05. The van der Waals surface area contributed by atoms with Crippen LogP contribution in [0.15, 0.2) is 43.1 Å². The fourth-order valence-electron chi connectivity index (χ4n) is 2.30. The zero-order valence-electron chi connectivity index (χ0n) is 10.3. The summed E-state index contributed by atoms with van der Waals surface area (Å²) in [4.78, 5) is 16.2. The van der Waals surface area contributed by atoms with Crippen molar-refractivity contribution in [2.45, 2.75) is 6.92 Å². The highest BCUT2D eigenvalue weighted by molar-refractivity contribution is 5.93. The van der Waals surface area contributed by atoms with E-state index in [2.05, 4.69) is 26.0 Å². The smallest absolute Gasteiger partial charge is 0.233 e. The topological polar surface area (TPSA) is 58.9 Å². The van der Waals surface area contributed by atoms with Gasteiger partial charge in [0.25, 0.3) is 0 Å². The van der Waals surface area contributed by atoms with Crippen molar-refractivity contribution in [1.82, 2.24) is 24.3 Å². The molecule has 0 saturated heterocycles. The van der Waals surface area contributed by atoms with Gasteiger partial charge in [-0.25, -0.2) is 15.0 Å². The molecule has 1 N–H and O–H groups in total. The fraction of sp³-hybridized carbons (Fsp3) is 0.0714. The van der Waals surface area contributed by atoms with Crippen LogP contribution in [0.2, 0.25) is 0 Å². The number of H-pyrrole nitrogens is 1. The Balaban J connectivity index is 1.97. The van der Waals surface area contributed by atoms with Gasteiger partial charge in [-0.1, -0.05) is 0 Å². The molecule has 0 atom stereocenters. The van der Waals surface area contributed by atoms with Crippen LogP contribution in [-0.4, -0.2) is 24.3 Å². The number of aryl methyl sites for hydroxylation is 1. The lowest BCUT2D eigenvalue weighted by Crippen LogP contribution is -1.89. The van der Waals surface area contributed by atoms with Crippen LogP contribution in [-0.2, 0) is 0 Å². The Morgan fingerprint density at radius 2 is 2.16 bits per heavy atom. The Morgan fingerprint density at radius 1 is 1.21 bits per heavy atom. The number of imidazole rings is 1. The summed E-state index contributed by atoms with van der Waals surface area (Å²) in [6.45, 7) is 1.99. The average Bonchev–Trinajstić information content (AvgIpc) is 3.02. The summed E-state index contributed by atoms with van der Waals surface area (Å²) >= 11 is 0. The van der Waals surface area contributed by atoms with Crippen LogP contribution >= 0.6 is 0 Å². The number of nitrogens with zero attached hydrogens (tertiary/aromatic N) is 4. The number of aromatic nitrogens is 5. The lowest BCUT2D eigenvalue weighted by Gasteiger charge is -2.00. The highest BCUT2D eigenvalue weighted by Gasteiger charge is 2.08. The van der Waals surface area contributed by atoms with Gasteiger partial charge in [0.05, 0.1) is 0 Å². The molecule has 0 aliphatic heterocycles. The third-order valence-electron chi connectivity index (χ3n) is 3.23. The molecule has 0 amide bonds. The number of fused-ring (bicyclic) bond motifs is 2. The van der Waals surface area contributed by atoms with Crippen LogP contribution in [0.1, 0.15) is 5.69 Å². The predicted octanol–water partition coefficient (Wildman–Crippen LogP) is 2.58. The minimum atomic E-state index is 0.706. The van der Waals surface area contributed by atoms with Gasteiger partial charge in [-0.3, -0.25) is 4.40 Å². The molecule has 0 bridgehead atoms. The maximum Gasteiger partial charge on any atom is 0.233 e. The molecule has 4 aromatic rings. The SMILES string of the molecule is Cc1ccc2c(-c3cnc4nccn4c3)c[nH]c2n1. The minimum Gasteiger partial charge on any atom is -0.346 e. The molecule has 0 spiro atoms. The molecule has 0 saturated carbocycles. The minimum absolute atomic E-state index is 0.706. The first-order valence-corrected chi connectivity index (χ1v) is 6.05. The Hall–Kier alpha value is -2.69. The third-order valence-corrected chi connectivity index (χ3v) is 3.23. The molecule has 0 radical (unpaired) electrons. The first kappa shape index (κ1) is 10.3. The van der Waals surface area contributed by atoms with Crippen LogP contribution in [0, 0.1) is 6.92 Å². The zero-order valence-corrected chi connectivity index (χ0v) is 10.3. The second kappa shape index (κ2) is 3.65. The molecule has 4 aromatic heterocycles. The van der Waals surface area contributed by atoms with Crippen molar-refractivity contribution in [3.63, 3.8) is 0 Å². The van der Waals surface area contributed by atoms with Crippen molar-refractivity contribution >= 4 is 16.8 Å². The molecule has 5 nitrogen and oxygen atoms in total. The maximum atomic E-state index is 4.48. The van der Waals surface area contributed by atoms with E-state index < -0.39 is 0 Å². The van der Waals surface area contributed by atoms with Crippen LogP contribution < -0.4 is 0 Å². The van der Waals surface area contributed by atoms with Crippen molar-refractivity contribution in [2.75, 3.05) is 0 Å². The fourth-order valence-corrected chi connectivity index (χ4v) is 2.30. The quantitative estimate of drug-likeness (QED) is 0.564. The summed E-state index contributed by atoms with van der Waals surface area (Å²) < 4.78 is 1.91. The molecular formula is C14H11N5. The molecule has 0 fully saturated rings. The lowest BCUT2D eigenvalue weighted by atomic mass is 10.1. The van der Waals surface area contributed by atoms with E-state index in [0.29, 0.717) is 5.78 Å². The first-order chi connectivity index (χ1) is 9.31. The number of hydrogen-bond acceptors (Lipinski definition) is 3. The summed E-state index contributed by atoms with van der Waals surface area (Å²) in [6, 6.07) is 4.10. The first-order valence-electron chi connectivity index (χ1n) is 6.05. The van der Waals surface area contributed by atoms with Gasteiger partial charge in [0.15, 0.2) is 0 Å². The molecule has 4 heterocycles. The van der Waals surface area contributed by atoms with Crippen molar-refractivity contribution in [2.24, 2.45) is 0 Å². The van der Waals surface area contributed by atoms with Crippen LogP contribution in [0.5, 0.6) is 0 Å². The molecule has 0 aliphatic rings. The standard InChI is InChI=1S/C14H11N5/c1-9-2-3-11-12(7-16-13(11)18-9)10-6-17-14-15-4-5-19(14)8-10/h2-8H,1H3,(H,16,18). The van der Waals surface area contributed by atoms with Gasteiger partial charge < -0.3 is 4.98 Å².